The molecule has 1 atom stereocenters. The standard InChI is InChI=1S/C21H23N3O2S/c1-12-10-14(3)18(11-13(12)2)19(25)15(4)27-21-22-20(23-24-21)16-6-8-17(26-5)9-7-16/h6-11,15H,1-5H3,(H,22,23,24). The third-order valence-electron chi connectivity index (χ3n) is 4.59. The molecule has 0 aliphatic heterocycles. The average Bonchev–Trinajstić information content (AvgIpc) is 3.12. The van der Waals surface area contributed by atoms with E-state index in [2.05, 4.69) is 28.2 Å². The van der Waals surface area contributed by atoms with Crippen LogP contribution >= 0.6 is 11.8 Å². The van der Waals surface area contributed by atoms with Crippen LogP contribution in [-0.2, 0) is 0 Å². The molecule has 140 valence electrons. The van der Waals surface area contributed by atoms with Crippen LogP contribution in [0.3, 0.4) is 0 Å². The Kier molecular flexibility index (Phi) is 5.65. The van der Waals surface area contributed by atoms with Gasteiger partial charge in [0.2, 0.25) is 5.16 Å². The molecule has 0 aliphatic rings. The summed E-state index contributed by atoms with van der Waals surface area (Å²) in [6.45, 7) is 7.96. The summed E-state index contributed by atoms with van der Waals surface area (Å²) in [5.74, 6) is 1.55. The van der Waals surface area contributed by atoms with Crippen molar-refractivity contribution in [1.29, 1.82) is 0 Å². The molecule has 0 radical (unpaired) electrons. The Morgan fingerprint density at radius 2 is 1.74 bits per heavy atom. The number of rotatable bonds is 6. The van der Waals surface area contributed by atoms with Crippen molar-refractivity contribution in [2.45, 2.75) is 38.1 Å². The third kappa shape index (κ3) is 4.22. The van der Waals surface area contributed by atoms with Crippen LogP contribution in [-0.4, -0.2) is 33.3 Å². The topological polar surface area (TPSA) is 67.9 Å². The van der Waals surface area contributed by atoms with E-state index in [-0.39, 0.29) is 11.0 Å². The fourth-order valence-electron chi connectivity index (χ4n) is 2.83. The van der Waals surface area contributed by atoms with Crippen molar-refractivity contribution in [3.8, 4) is 17.1 Å². The first-order valence-corrected chi connectivity index (χ1v) is 9.62. The molecular formula is C21H23N3O2S. The molecule has 5 nitrogen and oxygen atoms in total. The van der Waals surface area contributed by atoms with E-state index >= 15 is 0 Å². The molecule has 0 spiro atoms. The monoisotopic (exact) mass is 381 g/mol. The lowest BCUT2D eigenvalue weighted by molar-refractivity contribution is 0.0993. The number of carbonyl (C=O) groups excluding carboxylic acids is 1. The minimum atomic E-state index is -0.273. The molecule has 1 aromatic heterocycles. The number of aromatic nitrogens is 3. The van der Waals surface area contributed by atoms with Gasteiger partial charge in [0.15, 0.2) is 11.6 Å². The maximum atomic E-state index is 12.9. The molecule has 0 amide bonds. The van der Waals surface area contributed by atoms with Gasteiger partial charge in [-0.3, -0.25) is 9.89 Å². The predicted octanol–water partition coefficient (Wildman–Crippen LogP) is 4.77. The summed E-state index contributed by atoms with van der Waals surface area (Å²) in [6, 6.07) is 11.6. The second-order valence-corrected chi connectivity index (χ2v) is 7.88. The van der Waals surface area contributed by atoms with Crippen LogP contribution in [0.25, 0.3) is 11.4 Å². The SMILES string of the molecule is COc1ccc(-c2nc(SC(C)C(=O)c3cc(C)c(C)cc3C)n[nH]2)cc1. The number of ketones is 1. The zero-order valence-corrected chi connectivity index (χ0v) is 17.0. The maximum absolute atomic E-state index is 12.9. The average molecular weight is 382 g/mol. The quantitative estimate of drug-likeness (QED) is 0.492. The van der Waals surface area contributed by atoms with Gasteiger partial charge in [-0.2, -0.15) is 0 Å². The van der Waals surface area contributed by atoms with Gasteiger partial charge in [-0.05, 0) is 74.7 Å². The van der Waals surface area contributed by atoms with Crippen LogP contribution in [0.4, 0.5) is 0 Å². The Balaban J connectivity index is 1.74. The summed E-state index contributed by atoms with van der Waals surface area (Å²) >= 11 is 1.36. The predicted molar refractivity (Wildman–Crippen MR) is 109 cm³/mol. The number of thioether (sulfide) groups is 1. The number of Topliss-reactive ketones (excluding diaryl/α,β-unsaturated/α-hetero) is 1. The molecule has 0 saturated heterocycles. The number of nitrogens with zero attached hydrogens (tertiary/aromatic N) is 2. The molecule has 1 N–H and O–H groups in total. The van der Waals surface area contributed by atoms with E-state index in [1.807, 2.05) is 51.1 Å². The first-order valence-electron chi connectivity index (χ1n) is 8.74. The highest BCUT2D eigenvalue weighted by Crippen LogP contribution is 2.27. The summed E-state index contributed by atoms with van der Waals surface area (Å²) in [6.07, 6.45) is 0. The molecule has 0 bridgehead atoms. The van der Waals surface area contributed by atoms with Crippen molar-refractivity contribution in [3.63, 3.8) is 0 Å². The van der Waals surface area contributed by atoms with Gasteiger partial charge in [-0.15, -0.1) is 5.10 Å². The molecule has 3 rings (SSSR count). The van der Waals surface area contributed by atoms with Gasteiger partial charge >= 0.3 is 0 Å². The zero-order valence-electron chi connectivity index (χ0n) is 16.2. The number of benzene rings is 2. The first-order chi connectivity index (χ1) is 12.9. The third-order valence-corrected chi connectivity index (χ3v) is 5.55. The van der Waals surface area contributed by atoms with Gasteiger partial charge < -0.3 is 4.74 Å². The summed E-state index contributed by atoms with van der Waals surface area (Å²) in [5, 5.41) is 7.47. The van der Waals surface area contributed by atoms with Crippen molar-refractivity contribution >= 4 is 17.5 Å². The van der Waals surface area contributed by atoms with Crippen LogP contribution in [0.1, 0.15) is 34.0 Å². The van der Waals surface area contributed by atoms with Gasteiger partial charge in [-0.1, -0.05) is 17.8 Å². The van der Waals surface area contributed by atoms with Crippen LogP contribution in [0.5, 0.6) is 5.75 Å². The van der Waals surface area contributed by atoms with Gasteiger partial charge in [0.25, 0.3) is 0 Å². The molecule has 6 heteroatoms. The second kappa shape index (κ2) is 7.96. The van der Waals surface area contributed by atoms with E-state index in [4.69, 9.17) is 4.74 Å². The molecule has 0 aliphatic carbocycles. The molecule has 1 unspecified atom stereocenters. The largest absolute Gasteiger partial charge is 0.497 e. The number of ether oxygens (including phenoxy) is 1. The number of H-pyrrole nitrogens is 1. The minimum Gasteiger partial charge on any atom is -0.497 e. The normalized spacial score (nSPS) is 12.0. The highest BCUT2D eigenvalue weighted by Gasteiger charge is 2.21. The van der Waals surface area contributed by atoms with Crippen molar-refractivity contribution in [3.05, 3.63) is 58.7 Å². The van der Waals surface area contributed by atoms with E-state index in [1.165, 1.54) is 17.3 Å². The Hall–Kier alpha value is -2.60. The molecular weight excluding hydrogens is 358 g/mol. The lowest BCUT2D eigenvalue weighted by Gasteiger charge is -2.12. The lowest BCUT2D eigenvalue weighted by Crippen LogP contribution is -2.15. The number of aryl methyl sites for hydroxylation is 3. The van der Waals surface area contributed by atoms with Crippen LogP contribution < -0.4 is 4.74 Å². The number of methoxy groups -OCH3 is 1. The summed E-state index contributed by atoms with van der Waals surface area (Å²) in [7, 11) is 1.63. The summed E-state index contributed by atoms with van der Waals surface area (Å²) in [5.41, 5.74) is 5.01. The lowest BCUT2D eigenvalue weighted by atomic mass is 9.97. The van der Waals surface area contributed by atoms with Crippen molar-refractivity contribution in [2.75, 3.05) is 7.11 Å². The van der Waals surface area contributed by atoms with E-state index < -0.39 is 0 Å². The Morgan fingerprint density at radius 3 is 2.41 bits per heavy atom. The number of aromatic amines is 1. The summed E-state index contributed by atoms with van der Waals surface area (Å²) < 4.78 is 5.17. The van der Waals surface area contributed by atoms with E-state index in [0.717, 1.165) is 28.0 Å². The maximum Gasteiger partial charge on any atom is 0.209 e. The van der Waals surface area contributed by atoms with Crippen LogP contribution in [0.15, 0.2) is 41.6 Å². The fraction of sp³-hybridized carbons (Fsp3) is 0.286. The van der Waals surface area contributed by atoms with Gasteiger partial charge in [0.1, 0.15) is 5.75 Å². The van der Waals surface area contributed by atoms with Crippen LogP contribution in [0.2, 0.25) is 0 Å². The number of nitrogens with one attached hydrogen (secondary N) is 1. The van der Waals surface area contributed by atoms with Gasteiger partial charge in [0, 0.05) is 11.1 Å². The smallest absolute Gasteiger partial charge is 0.209 e. The number of hydrogen-bond donors (Lipinski definition) is 1. The van der Waals surface area contributed by atoms with Crippen molar-refractivity contribution in [1.82, 2.24) is 15.2 Å². The number of carbonyl (C=O) groups is 1. The minimum absolute atomic E-state index is 0.0939. The summed E-state index contributed by atoms with van der Waals surface area (Å²) in [4.78, 5) is 17.4. The number of hydrogen-bond acceptors (Lipinski definition) is 5. The molecule has 1 heterocycles. The second-order valence-electron chi connectivity index (χ2n) is 6.57. The van der Waals surface area contributed by atoms with Crippen molar-refractivity contribution in [2.24, 2.45) is 0 Å². The van der Waals surface area contributed by atoms with E-state index in [0.29, 0.717) is 11.0 Å². The van der Waals surface area contributed by atoms with E-state index in [9.17, 15) is 4.79 Å². The Labute approximate surface area is 163 Å². The zero-order chi connectivity index (χ0) is 19.6. The van der Waals surface area contributed by atoms with Gasteiger partial charge in [-0.25, -0.2) is 4.98 Å². The molecule has 0 fully saturated rings. The molecule has 2 aromatic carbocycles. The fourth-order valence-corrected chi connectivity index (χ4v) is 3.63. The molecule has 0 saturated carbocycles. The highest BCUT2D eigenvalue weighted by molar-refractivity contribution is 8.00. The Morgan fingerprint density at radius 1 is 1.07 bits per heavy atom. The van der Waals surface area contributed by atoms with E-state index in [1.54, 1.807) is 7.11 Å². The highest BCUT2D eigenvalue weighted by atomic mass is 32.2. The first kappa shape index (κ1) is 19.2. The molecule has 27 heavy (non-hydrogen) atoms. The van der Waals surface area contributed by atoms with Gasteiger partial charge in [0.05, 0.1) is 12.4 Å². The van der Waals surface area contributed by atoms with Crippen LogP contribution in [0, 0.1) is 20.8 Å². The van der Waals surface area contributed by atoms with Crippen molar-refractivity contribution < 1.29 is 9.53 Å². The Bertz CT molecular complexity index is 964. The molecule has 3 aromatic rings.